The molecule has 1 heterocycles. The summed E-state index contributed by atoms with van der Waals surface area (Å²) in [4.78, 5) is 5.95. The Labute approximate surface area is 90.4 Å². The summed E-state index contributed by atoms with van der Waals surface area (Å²) in [6, 6.07) is 0. The van der Waals surface area contributed by atoms with Crippen LogP contribution in [-0.4, -0.2) is 12.0 Å². The van der Waals surface area contributed by atoms with Crippen LogP contribution in [0, 0.1) is 5.92 Å². The van der Waals surface area contributed by atoms with Crippen molar-refractivity contribution in [1.29, 1.82) is 0 Å². The molecule has 1 saturated carbocycles. The second kappa shape index (κ2) is 4.35. The third-order valence-electron chi connectivity index (χ3n) is 2.32. The third-order valence-corrected chi connectivity index (χ3v) is 3.30. The van der Waals surface area contributed by atoms with Crippen molar-refractivity contribution in [3.05, 3.63) is 22.3 Å². The smallest absolute Gasteiger partial charge is 0.0538 e. The lowest BCUT2D eigenvalue weighted by Gasteiger charge is -2.13. The highest BCUT2D eigenvalue weighted by Gasteiger charge is 2.15. The van der Waals surface area contributed by atoms with E-state index in [1.807, 2.05) is 18.0 Å². The highest BCUT2D eigenvalue weighted by Crippen LogP contribution is 2.35. The molecule has 0 spiro atoms. The van der Waals surface area contributed by atoms with E-state index in [0.29, 0.717) is 5.92 Å². The maximum atomic E-state index is 4.52. The Morgan fingerprint density at radius 2 is 2.29 bits per heavy atom. The summed E-state index contributed by atoms with van der Waals surface area (Å²) < 4.78 is 0. The van der Waals surface area contributed by atoms with Crippen molar-refractivity contribution in [3.63, 3.8) is 0 Å². The molecule has 1 aliphatic heterocycles. The number of hydrogen-bond acceptors (Lipinski definition) is 2. The summed E-state index contributed by atoms with van der Waals surface area (Å²) in [5, 5.41) is 0. The maximum Gasteiger partial charge on any atom is 0.0538 e. The van der Waals surface area contributed by atoms with Gasteiger partial charge < -0.3 is 0 Å². The minimum atomic E-state index is 0.702. The van der Waals surface area contributed by atoms with E-state index in [9.17, 15) is 0 Å². The van der Waals surface area contributed by atoms with Crippen LogP contribution < -0.4 is 0 Å². The summed E-state index contributed by atoms with van der Waals surface area (Å²) in [6.07, 6.45) is 8.13. The molecule has 0 bridgehead atoms. The molecule has 0 aromatic rings. The molecule has 0 radical (unpaired) electrons. The second-order valence-electron chi connectivity index (χ2n) is 4.33. The molecule has 14 heavy (non-hydrogen) atoms. The van der Waals surface area contributed by atoms with E-state index in [1.54, 1.807) is 5.57 Å². The van der Waals surface area contributed by atoms with Crippen LogP contribution in [0.15, 0.2) is 27.2 Å². The molecule has 2 rings (SSSR count). The third kappa shape index (κ3) is 2.74. The molecular formula is C12H17NS. The Morgan fingerprint density at radius 1 is 1.50 bits per heavy atom. The Hall–Kier alpha value is -0.500. The van der Waals surface area contributed by atoms with Gasteiger partial charge in [-0.25, -0.2) is 0 Å². The molecule has 0 saturated heterocycles. The highest BCUT2D eigenvalue weighted by molar-refractivity contribution is 8.03. The fraction of sp³-hybridized carbons (Fsp3) is 0.583. The first-order valence-electron chi connectivity index (χ1n) is 5.33. The molecule has 76 valence electrons. The van der Waals surface area contributed by atoms with E-state index in [0.717, 1.165) is 12.2 Å². The molecule has 1 nitrogen and oxygen atoms in total. The predicted molar refractivity (Wildman–Crippen MR) is 64.7 cm³/mol. The first-order chi connectivity index (χ1) is 6.75. The number of thioether (sulfide) groups is 1. The molecule has 1 fully saturated rings. The van der Waals surface area contributed by atoms with Gasteiger partial charge in [-0.2, -0.15) is 0 Å². The van der Waals surface area contributed by atoms with Gasteiger partial charge in [0.05, 0.1) is 5.70 Å². The van der Waals surface area contributed by atoms with Gasteiger partial charge in [-0.1, -0.05) is 19.4 Å². The second-order valence-corrected chi connectivity index (χ2v) is 5.40. The van der Waals surface area contributed by atoms with E-state index in [1.165, 1.54) is 23.4 Å². The van der Waals surface area contributed by atoms with Crippen molar-refractivity contribution in [2.45, 2.75) is 33.1 Å². The average Bonchev–Trinajstić information content (AvgIpc) is 2.91. The first-order valence-corrected chi connectivity index (χ1v) is 6.32. The van der Waals surface area contributed by atoms with E-state index in [-0.39, 0.29) is 0 Å². The summed E-state index contributed by atoms with van der Waals surface area (Å²) in [5.74, 6) is 1.74. The topological polar surface area (TPSA) is 12.4 Å². The lowest BCUT2D eigenvalue weighted by atomic mass is 10.1. The van der Waals surface area contributed by atoms with Crippen molar-refractivity contribution in [3.8, 4) is 0 Å². The van der Waals surface area contributed by atoms with Crippen LogP contribution >= 0.6 is 11.8 Å². The Balaban J connectivity index is 2.15. The van der Waals surface area contributed by atoms with E-state index in [2.05, 4.69) is 24.9 Å². The zero-order chi connectivity index (χ0) is 9.97. The van der Waals surface area contributed by atoms with Crippen molar-refractivity contribution >= 4 is 18.0 Å². The van der Waals surface area contributed by atoms with Crippen LogP contribution in [-0.2, 0) is 0 Å². The molecule has 0 aromatic heterocycles. The lowest BCUT2D eigenvalue weighted by molar-refractivity contribution is 0.638. The van der Waals surface area contributed by atoms with E-state index in [4.69, 9.17) is 0 Å². The van der Waals surface area contributed by atoms with Gasteiger partial charge in [0.2, 0.25) is 0 Å². The van der Waals surface area contributed by atoms with Gasteiger partial charge in [-0.3, -0.25) is 4.99 Å². The quantitative estimate of drug-likeness (QED) is 0.686. The van der Waals surface area contributed by atoms with Gasteiger partial charge in [-0.15, -0.1) is 11.8 Å². The van der Waals surface area contributed by atoms with Crippen molar-refractivity contribution in [1.82, 2.24) is 0 Å². The zero-order valence-corrected chi connectivity index (χ0v) is 9.73. The molecule has 2 aliphatic rings. The molecule has 0 unspecified atom stereocenters. The van der Waals surface area contributed by atoms with Crippen molar-refractivity contribution in [2.24, 2.45) is 10.9 Å². The Morgan fingerprint density at radius 3 is 2.93 bits per heavy atom. The summed E-state index contributed by atoms with van der Waals surface area (Å²) in [7, 11) is 0. The van der Waals surface area contributed by atoms with Crippen LogP contribution in [0.25, 0.3) is 0 Å². The molecule has 1 aliphatic carbocycles. The molecule has 2 heteroatoms. The van der Waals surface area contributed by atoms with E-state index < -0.39 is 0 Å². The van der Waals surface area contributed by atoms with Crippen LogP contribution in [0.2, 0.25) is 0 Å². The predicted octanol–water partition coefficient (Wildman–Crippen LogP) is 3.78. The minimum Gasteiger partial charge on any atom is -0.264 e. The fourth-order valence-electron chi connectivity index (χ4n) is 1.49. The Bertz CT molecular complexity index is 304. The maximum absolute atomic E-state index is 4.52. The molecule has 0 N–H and O–H groups in total. The van der Waals surface area contributed by atoms with Gasteiger partial charge in [-0.05, 0) is 31.3 Å². The Kier molecular flexibility index (Phi) is 3.12. The normalized spacial score (nSPS) is 20.6. The molecule has 0 atom stereocenters. The van der Waals surface area contributed by atoms with E-state index >= 15 is 0 Å². The van der Waals surface area contributed by atoms with Gasteiger partial charge in [0.15, 0.2) is 0 Å². The van der Waals surface area contributed by atoms with Crippen LogP contribution in [0.1, 0.15) is 33.1 Å². The van der Waals surface area contributed by atoms with Crippen LogP contribution in [0.5, 0.6) is 0 Å². The molecule has 0 amide bonds. The van der Waals surface area contributed by atoms with Gasteiger partial charge in [0.1, 0.15) is 0 Å². The SMILES string of the molecule is CC(C)CC1=C(C=C2CC2)SCC=N1. The number of nitrogens with zero attached hydrogens (tertiary/aromatic N) is 1. The summed E-state index contributed by atoms with van der Waals surface area (Å²) >= 11 is 1.94. The fourth-order valence-corrected chi connectivity index (χ4v) is 2.37. The molecule has 0 aromatic carbocycles. The number of allylic oxidation sites excluding steroid dienone is 3. The zero-order valence-electron chi connectivity index (χ0n) is 8.92. The van der Waals surface area contributed by atoms with Gasteiger partial charge in [0.25, 0.3) is 0 Å². The van der Waals surface area contributed by atoms with Crippen molar-refractivity contribution < 1.29 is 0 Å². The van der Waals surface area contributed by atoms with Gasteiger partial charge in [0, 0.05) is 16.9 Å². The van der Waals surface area contributed by atoms with Crippen LogP contribution in [0.3, 0.4) is 0 Å². The summed E-state index contributed by atoms with van der Waals surface area (Å²) in [6.45, 7) is 4.51. The minimum absolute atomic E-state index is 0.702. The highest BCUT2D eigenvalue weighted by atomic mass is 32.2. The lowest BCUT2D eigenvalue weighted by Crippen LogP contribution is -1.98. The van der Waals surface area contributed by atoms with Crippen LogP contribution in [0.4, 0.5) is 0 Å². The average molecular weight is 207 g/mol. The standard InChI is InChI=1S/C12H17NS/c1-9(2)7-11-12(8-10-3-4-10)14-6-5-13-11/h5,8-9H,3-4,6-7H2,1-2H3. The molecular weight excluding hydrogens is 190 g/mol. The largest absolute Gasteiger partial charge is 0.264 e. The van der Waals surface area contributed by atoms with Crippen molar-refractivity contribution in [2.75, 3.05) is 5.75 Å². The monoisotopic (exact) mass is 207 g/mol. The number of rotatable bonds is 3. The first kappa shape index (κ1) is 10.0. The summed E-state index contributed by atoms with van der Waals surface area (Å²) in [5.41, 5.74) is 2.90. The number of hydrogen-bond donors (Lipinski definition) is 0. The number of aliphatic imine (C=N–C) groups is 1. The van der Waals surface area contributed by atoms with Gasteiger partial charge >= 0.3 is 0 Å².